The molecule has 0 saturated heterocycles. The van der Waals surface area contributed by atoms with E-state index >= 15 is 0 Å². The molecule has 0 amide bonds. The van der Waals surface area contributed by atoms with Crippen molar-refractivity contribution in [2.24, 2.45) is 0 Å². The molecule has 0 aromatic heterocycles. The molecule has 1 atom stereocenters. The maximum atomic E-state index is 7.75. The second-order valence-electron chi connectivity index (χ2n) is 8.79. The van der Waals surface area contributed by atoms with Gasteiger partial charge in [-0.05, 0) is 74.2 Å². The minimum absolute atomic E-state index is 0. The first-order valence-corrected chi connectivity index (χ1v) is 12.8. The number of nitrogens with zero attached hydrogens (tertiary/aromatic N) is 2. The fraction of sp³-hybridized carbons (Fsp3) is 0.189. The molecule has 0 spiro atoms. The van der Waals surface area contributed by atoms with Crippen molar-refractivity contribution in [2.75, 3.05) is 10.0 Å². The van der Waals surface area contributed by atoms with Crippen LogP contribution in [0.15, 0.2) is 103 Å². The van der Waals surface area contributed by atoms with Crippen LogP contribution in [0.2, 0.25) is 0 Å². The van der Waals surface area contributed by atoms with E-state index in [1.54, 1.807) is 0 Å². The number of hydrogen-bond acceptors (Lipinski definition) is 8. The topological polar surface area (TPSA) is 93.2 Å². The van der Waals surface area contributed by atoms with E-state index in [2.05, 4.69) is 114 Å². The Kier molecular flexibility index (Phi) is 24.1. The van der Waals surface area contributed by atoms with Crippen molar-refractivity contribution in [1.29, 1.82) is 0 Å². The normalized spacial score (nSPS) is 11.9. The monoisotopic (exact) mass is 665 g/mol. The quantitative estimate of drug-likeness (QED) is 0.119. The summed E-state index contributed by atoms with van der Waals surface area (Å²) >= 11 is 0. The van der Waals surface area contributed by atoms with E-state index in [-0.39, 0.29) is 31.9 Å². The Hall–Kier alpha value is -4.98. The van der Waals surface area contributed by atoms with Gasteiger partial charge in [-0.2, -0.15) is 0 Å². The zero-order valence-electron chi connectivity index (χ0n) is 24.8. The fourth-order valence-corrected chi connectivity index (χ4v) is 4.38. The number of carbonyl (C=O) groups excluding carboxylic acids is 4. The van der Waals surface area contributed by atoms with Crippen molar-refractivity contribution in [3.8, 4) is 11.5 Å². The van der Waals surface area contributed by atoms with E-state index < -0.39 is 6.23 Å². The van der Waals surface area contributed by atoms with Gasteiger partial charge in [-0.1, -0.05) is 87.6 Å². The molecule has 1 aliphatic heterocycles. The van der Waals surface area contributed by atoms with Gasteiger partial charge in [-0.3, -0.25) is 37.2 Å². The molecular weight excluding hydrogens is 624 g/mol. The van der Waals surface area contributed by atoms with Crippen LogP contribution < -0.4 is 19.5 Å². The van der Waals surface area contributed by atoms with Gasteiger partial charge in [0.25, 0.3) is 0 Å². The Morgan fingerprint density at radius 3 is 1.33 bits per heavy atom. The van der Waals surface area contributed by atoms with E-state index in [4.69, 9.17) is 28.7 Å². The van der Waals surface area contributed by atoms with Crippen molar-refractivity contribution >= 4 is 38.5 Å². The molecule has 8 nitrogen and oxygen atoms in total. The molecule has 0 aliphatic carbocycles. The minimum Gasteiger partial charge on any atom is -0.545 e. The second-order valence-corrected chi connectivity index (χ2v) is 8.79. The zero-order valence-corrected chi connectivity index (χ0v) is 25.9. The number of hydrazine groups is 1. The summed E-state index contributed by atoms with van der Waals surface area (Å²) in [5.41, 5.74) is 6.22. The molecule has 4 aromatic carbocycles. The number of para-hydroxylation sites is 4. The molecule has 5 rings (SSSR count). The smallest absolute Gasteiger partial charge is 0.545 e. The largest absolute Gasteiger partial charge is 5.00 e. The van der Waals surface area contributed by atoms with Crippen LogP contribution >= 0.6 is 0 Å². The van der Waals surface area contributed by atoms with Crippen LogP contribution in [0.4, 0.5) is 11.4 Å². The number of rotatable bonds is 6. The van der Waals surface area contributed by atoms with E-state index in [9.17, 15) is 0 Å². The van der Waals surface area contributed by atoms with Gasteiger partial charge in [0.1, 0.15) is 11.5 Å². The van der Waals surface area contributed by atoms with Crippen LogP contribution in [0, 0.1) is 33.8 Å². The zero-order chi connectivity index (χ0) is 32.4. The summed E-state index contributed by atoms with van der Waals surface area (Å²) in [6, 6.07) is 32.7. The van der Waals surface area contributed by atoms with Gasteiger partial charge in [0.2, 0.25) is 0 Å². The molecule has 0 fully saturated rings. The molecule has 46 heavy (non-hydrogen) atoms. The maximum Gasteiger partial charge on any atom is 5.00 e. The van der Waals surface area contributed by atoms with Crippen molar-refractivity contribution in [2.45, 2.75) is 48.8 Å². The average Bonchev–Trinajstić information content (AvgIpc) is 3.43. The molecule has 0 N–H and O–H groups in total. The SMILES string of the molecule is C.C.Cc1cccc(C)c1OC1=[C-]C(Oc2c(C)cccc2C)N(c2ccccc2)N1c1ccccc1.[CH-]=O.[CH-]=O.[CH-]=O.[CH-]=O.[Fe+5]. The van der Waals surface area contributed by atoms with Crippen LogP contribution in [0.3, 0.4) is 0 Å². The second kappa shape index (κ2) is 24.4. The predicted octanol–water partition coefficient (Wildman–Crippen LogP) is 7.46. The molecule has 9 heteroatoms. The number of hydrogen-bond donors (Lipinski definition) is 0. The van der Waals surface area contributed by atoms with Crippen LogP contribution in [-0.2, 0) is 36.2 Å². The average molecular weight is 666 g/mol. The van der Waals surface area contributed by atoms with E-state index in [1.807, 2.05) is 53.5 Å². The summed E-state index contributed by atoms with van der Waals surface area (Å²) in [5.74, 6) is 2.26. The van der Waals surface area contributed by atoms with Gasteiger partial charge in [0.15, 0.2) is 0 Å². The summed E-state index contributed by atoms with van der Waals surface area (Å²) in [7, 11) is 0. The predicted molar refractivity (Wildman–Crippen MR) is 182 cm³/mol. The van der Waals surface area contributed by atoms with Crippen molar-refractivity contribution in [3.05, 3.63) is 131 Å². The maximum absolute atomic E-state index is 7.75. The molecule has 1 heterocycles. The first kappa shape index (κ1) is 45.4. The van der Waals surface area contributed by atoms with E-state index in [1.165, 1.54) is 0 Å². The van der Waals surface area contributed by atoms with Gasteiger partial charge in [0.05, 0.1) is 17.6 Å². The summed E-state index contributed by atoms with van der Waals surface area (Å²) in [5, 5.41) is 4.13. The fourth-order valence-electron chi connectivity index (χ4n) is 4.38. The Balaban J connectivity index is -0.00000156. The first-order valence-electron chi connectivity index (χ1n) is 12.8. The molecule has 1 aliphatic rings. The van der Waals surface area contributed by atoms with Gasteiger partial charge in [-0.15, -0.1) is 0 Å². The molecule has 4 aromatic rings. The van der Waals surface area contributed by atoms with Gasteiger partial charge in [-0.25, -0.2) is 0 Å². The van der Waals surface area contributed by atoms with Gasteiger partial charge < -0.3 is 34.7 Å². The number of benzene rings is 4. The summed E-state index contributed by atoms with van der Waals surface area (Å²) in [4.78, 5) is 31.0. The molecular formula is C37H41FeN2O6. The van der Waals surface area contributed by atoms with Crippen LogP contribution in [0.25, 0.3) is 0 Å². The van der Waals surface area contributed by atoms with Gasteiger partial charge >= 0.3 is 17.1 Å². The van der Waals surface area contributed by atoms with Crippen molar-refractivity contribution in [1.82, 2.24) is 0 Å². The summed E-state index contributed by atoms with van der Waals surface area (Å²) in [6.45, 7) is 21.3. The van der Waals surface area contributed by atoms with Crippen molar-refractivity contribution < 1.29 is 45.7 Å². The van der Waals surface area contributed by atoms with Gasteiger partial charge in [0, 0.05) is 5.88 Å². The Labute approximate surface area is 285 Å². The third kappa shape index (κ3) is 11.2. The summed E-state index contributed by atoms with van der Waals surface area (Å²) < 4.78 is 13.3. The first-order chi connectivity index (χ1) is 21.0. The molecule has 1 radical (unpaired) electrons. The molecule has 1 unspecified atom stereocenters. The Bertz CT molecular complexity index is 1390. The third-order valence-corrected chi connectivity index (χ3v) is 6.14. The minimum atomic E-state index is -0.531. The number of anilines is 2. The van der Waals surface area contributed by atoms with E-state index in [0.29, 0.717) is 5.88 Å². The standard InChI is InChI=1S/C31H29N2O2.4CHO.2CH4.Fe/c1-22-13-11-14-23(2)30(22)34-28-21-29(35-31-24(3)15-12-16-25(31)4)33(27-19-9-6-10-20-27)32(28)26-17-7-5-8-18-26;4*1-2;;;/h5-20,28H,1-4H3;4*1H;2*1H4;/q5*-1;;;+5. The van der Waals surface area contributed by atoms with Crippen LogP contribution in [0.5, 0.6) is 11.5 Å². The third-order valence-electron chi connectivity index (χ3n) is 6.14. The number of ether oxygens (including phenoxy) is 2. The molecule has 243 valence electrons. The van der Waals surface area contributed by atoms with Crippen LogP contribution in [-0.4, -0.2) is 33.4 Å². The summed E-state index contributed by atoms with van der Waals surface area (Å²) in [6.07, 6.45) is 2.99. The van der Waals surface area contributed by atoms with E-state index in [0.717, 1.165) is 45.1 Å². The van der Waals surface area contributed by atoms with Crippen molar-refractivity contribution in [3.63, 3.8) is 0 Å². The Morgan fingerprint density at radius 2 is 0.913 bits per heavy atom. The molecule has 0 saturated carbocycles. The molecule has 0 bridgehead atoms. The Morgan fingerprint density at radius 1 is 0.543 bits per heavy atom. The number of aryl methyl sites for hydroxylation is 4. The van der Waals surface area contributed by atoms with Crippen LogP contribution in [0.1, 0.15) is 37.1 Å².